The van der Waals surface area contributed by atoms with E-state index in [4.69, 9.17) is 0 Å². The van der Waals surface area contributed by atoms with Crippen LogP contribution < -0.4 is 5.32 Å². The quantitative estimate of drug-likeness (QED) is 0.327. The van der Waals surface area contributed by atoms with Gasteiger partial charge in [0, 0.05) is 53.3 Å². The van der Waals surface area contributed by atoms with Gasteiger partial charge < -0.3 is 5.32 Å². The number of rotatable bonds is 5. The Bertz CT molecular complexity index is 1390. The van der Waals surface area contributed by atoms with Crippen LogP contribution in [0.2, 0.25) is 0 Å². The largest absolute Gasteiger partial charge is 0.324 e. The SMILES string of the molecule is CCc1ccc2c(c1)[C@]1(C(=O)N2)C(C(=O)c2cccnc2)C(c2cccc([N+](=O)[O-])c2)C2CCCN21. The van der Waals surface area contributed by atoms with E-state index in [9.17, 15) is 19.7 Å². The number of Topliss-reactive ketones (excluding diaryl/α,β-unsaturated/α-hetero) is 1. The first kappa shape index (κ1) is 22.5. The maximum absolute atomic E-state index is 14.4. The zero-order chi connectivity index (χ0) is 25.0. The van der Waals surface area contributed by atoms with E-state index in [2.05, 4.69) is 28.2 Å². The molecule has 0 bridgehead atoms. The van der Waals surface area contributed by atoms with E-state index >= 15 is 0 Å². The lowest BCUT2D eigenvalue weighted by atomic mass is 9.68. The number of pyridine rings is 1. The molecule has 3 aromatic rings. The maximum atomic E-state index is 14.4. The number of anilines is 1. The standard InChI is InChI=1S/C28H26N4O4/c1-2-17-10-11-22-21(14-17)28(27(34)30-22)25(26(33)19-7-4-12-29-16-19)24(23-9-5-13-31(23)28)18-6-3-8-20(15-18)32(35)36/h3-4,6-8,10-12,14-16,23-25H,2,5,9,13H2,1H3,(H,30,34)/t23?,24?,25?,28-/m1/s1. The monoisotopic (exact) mass is 482 g/mol. The second-order valence-corrected chi connectivity index (χ2v) is 9.82. The molecule has 1 N–H and O–H groups in total. The zero-order valence-corrected chi connectivity index (χ0v) is 19.9. The van der Waals surface area contributed by atoms with Crippen LogP contribution in [0.3, 0.4) is 0 Å². The molecule has 6 rings (SSSR count). The number of hydrogen-bond acceptors (Lipinski definition) is 6. The number of fused-ring (bicyclic) bond motifs is 4. The van der Waals surface area contributed by atoms with Crippen LogP contribution in [0.5, 0.6) is 0 Å². The van der Waals surface area contributed by atoms with Crippen LogP contribution in [0.15, 0.2) is 67.0 Å². The summed E-state index contributed by atoms with van der Waals surface area (Å²) in [7, 11) is 0. The summed E-state index contributed by atoms with van der Waals surface area (Å²) in [5.74, 6) is -1.52. The van der Waals surface area contributed by atoms with Crippen LogP contribution in [0, 0.1) is 16.0 Å². The van der Waals surface area contributed by atoms with Crippen LogP contribution in [-0.4, -0.2) is 39.1 Å². The average molecular weight is 483 g/mol. The Morgan fingerprint density at radius 3 is 2.83 bits per heavy atom. The van der Waals surface area contributed by atoms with Gasteiger partial charge in [-0.25, -0.2) is 0 Å². The third-order valence-corrected chi connectivity index (χ3v) is 8.17. The molecule has 4 heterocycles. The first-order valence-electron chi connectivity index (χ1n) is 12.4. The van der Waals surface area contributed by atoms with Crippen molar-refractivity contribution in [1.29, 1.82) is 0 Å². The first-order chi connectivity index (χ1) is 17.5. The number of non-ortho nitro benzene ring substituents is 1. The summed E-state index contributed by atoms with van der Waals surface area (Å²) in [5, 5.41) is 14.7. The van der Waals surface area contributed by atoms with Crippen LogP contribution in [0.1, 0.15) is 52.7 Å². The maximum Gasteiger partial charge on any atom is 0.269 e. The lowest BCUT2D eigenvalue weighted by Gasteiger charge is -2.37. The number of nitro groups is 1. The fourth-order valence-corrected chi connectivity index (χ4v) is 6.74. The molecular formula is C28H26N4O4. The Morgan fingerprint density at radius 1 is 1.22 bits per heavy atom. The Morgan fingerprint density at radius 2 is 2.08 bits per heavy atom. The summed E-state index contributed by atoms with van der Waals surface area (Å²) in [5.41, 5.74) is 2.59. The summed E-state index contributed by atoms with van der Waals surface area (Å²) in [6.07, 6.45) is 5.66. The van der Waals surface area contributed by atoms with E-state index < -0.39 is 16.4 Å². The lowest BCUT2D eigenvalue weighted by Crippen LogP contribution is -2.52. The average Bonchev–Trinajstić information content (AvgIpc) is 3.57. The van der Waals surface area contributed by atoms with E-state index in [1.807, 2.05) is 18.2 Å². The Labute approximate surface area is 208 Å². The number of carbonyl (C=O) groups excluding carboxylic acids is 2. The number of ketones is 1. The van der Waals surface area contributed by atoms with Crippen molar-refractivity contribution >= 4 is 23.1 Å². The van der Waals surface area contributed by atoms with Gasteiger partial charge in [0.2, 0.25) is 5.91 Å². The number of carbonyl (C=O) groups is 2. The molecule has 3 aliphatic rings. The lowest BCUT2D eigenvalue weighted by molar-refractivity contribution is -0.384. The summed E-state index contributed by atoms with van der Waals surface area (Å²) < 4.78 is 0. The van der Waals surface area contributed by atoms with E-state index in [1.54, 1.807) is 36.7 Å². The topological polar surface area (TPSA) is 105 Å². The van der Waals surface area contributed by atoms with Crippen molar-refractivity contribution in [3.63, 3.8) is 0 Å². The molecule has 0 radical (unpaired) electrons. The molecule has 0 aliphatic carbocycles. The van der Waals surface area contributed by atoms with Crippen molar-refractivity contribution in [2.45, 2.75) is 43.7 Å². The molecular weight excluding hydrogens is 456 g/mol. The fraction of sp³-hybridized carbons (Fsp3) is 0.321. The Kier molecular flexibility index (Phi) is 5.22. The number of amides is 1. The molecule has 2 saturated heterocycles. The van der Waals surface area contributed by atoms with Crippen molar-refractivity contribution in [2.75, 3.05) is 11.9 Å². The Hall–Kier alpha value is -3.91. The highest BCUT2D eigenvalue weighted by Gasteiger charge is 2.69. The molecule has 1 spiro atoms. The van der Waals surface area contributed by atoms with Gasteiger partial charge in [-0.2, -0.15) is 0 Å². The molecule has 8 nitrogen and oxygen atoms in total. The van der Waals surface area contributed by atoms with Crippen LogP contribution in [0.4, 0.5) is 11.4 Å². The molecule has 3 aliphatic heterocycles. The molecule has 182 valence electrons. The van der Waals surface area contributed by atoms with Gasteiger partial charge in [0.1, 0.15) is 5.54 Å². The number of nitrogens with zero attached hydrogens (tertiary/aromatic N) is 3. The second-order valence-electron chi connectivity index (χ2n) is 9.82. The molecule has 36 heavy (non-hydrogen) atoms. The van der Waals surface area contributed by atoms with Crippen molar-refractivity contribution in [1.82, 2.24) is 9.88 Å². The summed E-state index contributed by atoms with van der Waals surface area (Å²) >= 11 is 0. The second kappa shape index (κ2) is 8.34. The number of nitro benzene ring substituents is 1. The van der Waals surface area contributed by atoms with Crippen molar-refractivity contribution in [3.05, 3.63) is 99.4 Å². The minimum atomic E-state index is -1.19. The molecule has 8 heteroatoms. The highest BCUT2D eigenvalue weighted by Crippen LogP contribution is 2.61. The molecule has 4 atom stereocenters. The van der Waals surface area contributed by atoms with Gasteiger partial charge in [0.15, 0.2) is 5.78 Å². The van der Waals surface area contributed by atoms with Gasteiger partial charge in [-0.1, -0.05) is 31.2 Å². The van der Waals surface area contributed by atoms with Crippen LogP contribution in [0.25, 0.3) is 0 Å². The van der Waals surface area contributed by atoms with Gasteiger partial charge >= 0.3 is 0 Å². The number of nitrogens with one attached hydrogen (secondary N) is 1. The number of aryl methyl sites for hydroxylation is 1. The third kappa shape index (κ3) is 3.07. The smallest absolute Gasteiger partial charge is 0.269 e. The predicted octanol–water partition coefficient (Wildman–Crippen LogP) is 4.46. The number of benzene rings is 2. The van der Waals surface area contributed by atoms with Gasteiger partial charge in [-0.3, -0.25) is 29.6 Å². The number of hydrogen-bond donors (Lipinski definition) is 1. The van der Waals surface area contributed by atoms with Crippen molar-refractivity contribution in [3.8, 4) is 0 Å². The molecule has 2 aromatic carbocycles. The van der Waals surface area contributed by atoms with Gasteiger partial charge in [-0.05, 0) is 55.1 Å². The molecule has 2 fully saturated rings. The van der Waals surface area contributed by atoms with E-state index in [0.29, 0.717) is 17.7 Å². The van der Waals surface area contributed by atoms with E-state index in [0.717, 1.165) is 36.1 Å². The molecule has 1 amide bonds. The van der Waals surface area contributed by atoms with E-state index in [-0.39, 0.29) is 29.3 Å². The minimum Gasteiger partial charge on any atom is -0.324 e. The normalized spacial score (nSPS) is 26.6. The minimum absolute atomic E-state index is 0.0184. The van der Waals surface area contributed by atoms with Crippen molar-refractivity contribution in [2.24, 2.45) is 5.92 Å². The summed E-state index contributed by atoms with van der Waals surface area (Å²) in [6, 6.07) is 15.9. The highest BCUT2D eigenvalue weighted by molar-refractivity contribution is 6.12. The summed E-state index contributed by atoms with van der Waals surface area (Å²) in [6.45, 7) is 2.74. The third-order valence-electron chi connectivity index (χ3n) is 8.17. The zero-order valence-electron chi connectivity index (χ0n) is 19.9. The highest BCUT2D eigenvalue weighted by atomic mass is 16.6. The summed E-state index contributed by atoms with van der Waals surface area (Å²) in [4.78, 5) is 46.0. The molecule has 0 saturated carbocycles. The number of aromatic nitrogens is 1. The first-order valence-corrected chi connectivity index (χ1v) is 12.4. The van der Waals surface area contributed by atoms with Crippen LogP contribution in [-0.2, 0) is 16.8 Å². The molecule has 1 aromatic heterocycles. The molecule has 3 unspecified atom stereocenters. The fourth-order valence-electron chi connectivity index (χ4n) is 6.74. The van der Waals surface area contributed by atoms with E-state index in [1.165, 1.54) is 6.07 Å². The Balaban J connectivity index is 1.63. The van der Waals surface area contributed by atoms with Crippen molar-refractivity contribution < 1.29 is 14.5 Å². The van der Waals surface area contributed by atoms with Crippen LogP contribution >= 0.6 is 0 Å². The van der Waals surface area contributed by atoms with Gasteiger partial charge in [0.05, 0.1) is 10.8 Å². The van der Waals surface area contributed by atoms with Gasteiger partial charge in [-0.15, -0.1) is 0 Å². The predicted molar refractivity (Wildman–Crippen MR) is 134 cm³/mol. The van der Waals surface area contributed by atoms with Gasteiger partial charge in [0.25, 0.3) is 5.69 Å².